The number of anilines is 1. The Bertz CT molecular complexity index is 785. The number of nitrogens with one attached hydrogen (secondary N) is 1. The Kier molecular flexibility index (Phi) is 3.01. The van der Waals surface area contributed by atoms with E-state index < -0.39 is 0 Å². The van der Waals surface area contributed by atoms with E-state index in [1.807, 2.05) is 25.1 Å². The van der Waals surface area contributed by atoms with Crippen molar-refractivity contribution in [3.63, 3.8) is 0 Å². The fraction of sp³-hybridized carbons (Fsp3) is 0.143. The fourth-order valence-electron chi connectivity index (χ4n) is 2.04. The van der Waals surface area contributed by atoms with Crippen LogP contribution in [0.2, 0.25) is 0 Å². The molecule has 3 aromatic rings. The molecule has 3 aromatic heterocycles. The topological polar surface area (TPSA) is 78.9 Å². The van der Waals surface area contributed by atoms with Crippen LogP contribution >= 0.6 is 0 Å². The first-order valence-corrected chi connectivity index (χ1v) is 6.17. The van der Waals surface area contributed by atoms with E-state index in [-0.39, 0.29) is 0 Å². The third-order valence-electron chi connectivity index (χ3n) is 3.04. The average Bonchev–Trinajstić information content (AvgIpc) is 2.93. The van der Waals surface area contributed by atoms with Gasteiger partial charge in [-0.1, -0.05) is 0 Å². The number of rotatable bonds is 3. The van der Waals surface area contributed by atoms with Crippen LogP contribution in [0.1, 0.15) is 16.8 Å². The summed E-state index contributed by atoms with van der Waals surface area (Å²) >= 11 is 0. The summed E-state index contributed by atoms with van der Waals surface area (Å²) in [6.07, 6.45) is 5.15. The van der Waals surface area contributed by atoms with Crippen LogP contribution in [0.3, 0.4) is 0 Å². The molecule has 0 bridgehead atoms. The molecular formula is C14H12N6. The average molecular weight is 264 g/mol. The highest BCUT2D eigenvalue weighted by Gasteiger charge is 2.12. The minimum atomic E-state index is 0.509. The molecule has 0 unspecified atom stereocenters. The molecule has 6 nitrogen and oxygen atoms in total. The van der Waals surface area contributed by atoms with Gasteiger partial charge in [0, 0.05) is 25.0 Å². The lowest BCUT2D eigenvalue weighted by molar-refractivity contribution is 0.911. The second-order valence-corrected chi connectivity index (χ2v) is 4.34. The second kappa shape index (κ2) is 4.97. The molecule has 20 heavy (non-hydrogen) atoms. The van der Waals surface area contributed by atoms with E-state index in [9.17, 15) is 5.26 Å². The molecule has 0 aliphatic carbocycles. The molecule has 0 aliphatic heterocycles. The van der Waals surface area contributed by atoms with Crippen molar-refractivity contribution in [2.24, 2.45) is 0 Å². The van der Waals surface area contributed by atoms with E-state index >= 15 is 0 Å². The minimum absolute atomic E-state index is 0.509. The molecule has 3 heterocycles. The van der Waals surface area contributed by atoms with Crippen LogP contribution in [0, 0.1) is 18.3 Å². The first kappa shape index (κ1) is 12.1. The zero-order chi connectivity index (χ0) is 13.9. The molecule has 3 rings (SSSR count). The molecule has 98 valence electrons. The highest BCUT2D eigenvalue weighted by Crippen LogP contribution is 2.19. The Balaban J connectivity index is 2.01. The predicted molar refractivity (Wildman–Crippen MR) is 74.0 cm³/mol. The Morgan fingerprint density at radius 1 is 1.25 bits per heavy atom. The van der Waals surface area contributed by atoms with Crippen molar-refractivity contribution in [3.8, 4) is 6.07 Å². The highest BCUT2D eigenvalue weighted by atomic mass is 15.3. The van der Waals surface area contributed by atoms with Crippen molar-refractivity contribution < 1.29 is 0 Å². The number of hydrogen-bond acceptors (Lipinski definition) is 5. The molecule has 0 atom stereocenters. The van der Waals surface area contributed by atoms with Gasteiger partial charge in [0.2, 0.25) is 0 Å². The maximum absolute atomic E-state index is 9.31. The van der Waals surface area contributed by atoms with E-state index in [2.05, 4.69) is 26.5 Å². The number of hydrogen-bond donors (Lipinski definition) is 1. The van der Waals surface area contributed by atoms with Crippen LogP contribution in [-0.4, -0.2) is 19.6 Å². The van der Waals surface area contributed by atoms with Gasteiger partial charge in [-0.25, -0.2) is 4.98 Å². The number of fused-ring (bicyclic) bond motifs is 1. The molecule has 0 spiro atoms. The van der Waals surface area contributed by atoms with Crippen molar-refractivity contribution in [2.75, 3.05) is 5.32 Å². The summed E-state index contributed by atoms with van der Waals surface area (Å²) < 4.78 is 1.65. The van der Waals surface area contributed by atoms with Gasteiger partial charge in [-0.3, -0.25) is 4.98 Å². The molecule has 6 heteroatoms. The Morgan fingerprint density at radius 2 is 2.05 bits per heavy atom. The van der Waals surface area contributed by atoms with Crippen LogP contribution in [0.25, 0.3) is 5.65 Å². The molecule has 0 aromatic carbocycles. The second-order valence-electron chi connectivity index (χ2n) is 4.34. The Hall–Kier alpha value is -2.94. The van der Waals surface area contributed by atoms with Crippen molar-refractivity contribution >= 4 is 11.5 Å². The summed E-state index contributed by atoms with van der Waals surface area (Å²) in [4.78, 5) is 8.33. The number of aromatic nitrogens is 4. The number of nitrogens with zero attached hydrogens (tertiary/aromatic N) is 5. The fourth-order valence-corrected chi connectivity index (χ4v) is 2.04. The Labute approximate surface area is 115 Å². The quantitative estimate of drug-likeness (QED) is 0.781. The lowest BCUT2D eigenvalue weighted by Gasteiger charge is -2.11. The van der Waals surface area contributed by atoms with E-state index in [0.29, 0.717) is 23.6 Å². The van der Waals surface area contributed by atoms with Gasteiger partial charge in [0.25, 0.3) is 0 Å². The largest absolute Gasteiger partial charge is 0.365 e. The molecule has 0 saturated carbocycles. The van der Waals surface area contributed by atoms with Crippen LogP contribution in [0.5, 0.6) is 0 Å². The third kappa shape index (κ3) is 2.06. The van der Waals surface area contributed by atoms with Gasteiger partial charge in [-0.2, -0.15) is 14.9 Å². The molecule has 0 fully saturated rings. The highest BCUT2D eigenvalue weighted by molar-refractivity contribution is 5.60. The van der Waals surface area contributed by atoms with Gasteiger partial charge in [-0.05, 0) is 24.6 Å². The smallest absolute Gasteiger partial charge is 0.157 e. The van der Waals surface area contributed by atoms with Crippen molar-refractivity contribution in [1.29, 1.82) is 5.26 Å². The van der Waals surface area contributed by atoms with E-state index in [1.165, 1.54) is 0 Å². The lowest BCUT2D eigenvalue weighted by atomic mass is 10.2. The van der Waals surface area contributed by atoms with Crippen molar-refractivity contribution in [3.05, 3.63) is 53.6 Å². The minimum Gasteiger partial charge on any atom is -0.365 e. The van der Waals surface area contributed by atoms with Crippen LogP contribution in [0.15, 0.2) is 36.8 Å². The molecular weight excluding hydrogens is 252 g/mol. The van der Waals surface area contributed by atoms with Gasteiger partial charge in [0.15, 0.2) is 5.65 Å². The SMILES string of the molecule is Cc1nc2ccnn2c(NCc2ccncc2)c1C#N. The molecule has 0 aliphatic rings. The summed E-state index contributed by atoms with van der Waals surface area (Å²) in [7, 11) is 0. The maximum atomic E-state index is 9.31. The predicted octanol–water partition coefficient (Wildman–Crippen LogP) is 1.92. The zero-order valence-corrected chi connectivity index (χ0v) is 10.9. The van der Waals surface area contributed by atoms with Crippen LogP contribution < -0.4 is 5.32 Å². The maximum Gasteiger partial charge on any atom is 0.157 e. The summed E-state index contributed by atoms with van der Waals surface area (Å²) in [5.74, 6) is 0.664. The monoisotopic (exact) mass is 264 g/mol. The van der Waals surface area contributed by atoms with E-state index in [0.717, 1.165) is 11.2 Å². The summed E-state index contributed by atoms with van der Waals surface area (Å²) in [6, 6.07) is 7.84. The number of pyridine rings is 1. The zero-order valence-electron chi connectivity index (χ0n) is 10.9. The number of nitriles is 1. The lowest BCUT2D eigenvalue weighted by Crippen LogP contribution is -2.10. The van der Waals surface area contributed by atoms with Crippen molar-refractivity contribution in [2.45, 2.75) is 13.5 Å². The summed E-state index contributed by atoms with van der Waals surface area (Å²) in [5.41, 5.74) is 3.00. The first-order chi connectivity index (χ1) is 9.79. The third-order valence-corrected chi connectivity index (χ3v) is 3.04. The molecule has 0 amide bonds. The van der Waals surface area contributed by atoms with E-state index in [1.54, 1.807) is 23.1 Å². The molecule has 0 saturated heterocycles. The molecule has 1 N–H and O–H groups in total. The Morgan fingerprint density at radius 3 is 2.80 bits per heavy atom. The van der Waals surface area contributed by atoms with Crippen LogP contribution in [0.4, 0.5) is 5.82 Å². The van der Waals surface area contributed by atoms with Gasteiger partial charge < -0.3 is 5.32 Å². The standard InChI is InChI=1S/C14H12N6/c1-10-12(8-15)14(20-13(19-10)4-7-18-20)17-9-11-2-5-16-6-3-11/h2-7,17H,9H2,1H3. The van der Waals surface area contributed by atoms with Crippen LogP contribution in [-0.2, 0) is 6.54 Å². The van der Waals surface area contributed by atoms with Gasteiger partial charge in [0.1, 0.15) is 17.5 Å². The van der Waals surface area contributed by atoms with Gasteiger partial charge in [-0.15, -0.1) is 0 Å². The summed E-state index contributed by atoms with van der Waals surface area (Å²) in [5, 5.41) is 16.8. The normalized spacial score (nSPS) is 10.4. The van der Waals surface area contributed by atoms with E-state index in [4.69, 9.17) is 0 Å². The van der Waals surface area contributed by atoms with Gasteiger partial charge in [0.05, 0.1) is 11.9 Å². The molecule has 0 radical (unpaired) electrons. The number of aryl methyl sites for hydroxylation is 1. The van der Waals surface area contributed by atoms with Gasteiger partial charge >= 0.3 is 0 Å². The summed E-state index contributed by atoms with van der Waals surface area (Å²) in [6.45, 7) is 2.42. The first-order valence-electron chi connectivity index (χ1n) is 6.17. The van der Waals surface area contributed by atoms with Crippen molar-refractivity contribution in [1.82, 2.24) is 19.6 Å².